The predicted octanol–water partition coefficient (Wildman–Crippen LogP) is 16.4. The fourth-order valence-corrected chi connectivity index (χ4v) is 9.12. The normalized spacial score (nSPS) is 14.0. The quantitative estimate of drug-likeness (QED) is 0.0212. The van der Waals surface area contributed by atoms with Gasteiger partial charge >= 0.3 is 5.97 Å². The van der Waals surface area contributed by atoms with E-state index in [9.17, 15) is 19.0 Å². The van der Waals surface area contributed by atoms with E-state index in [1.807, 2.05) is 33.3 Å². The lowest BCUT2D eigenvalue weighted by atomic mass is 10.0. The van der Waals surface area contributed by atoms with E-state index in [0.717, 1.165) is 64.2 Å². The molecule has 1 amide bonds. The number of nitrogens with one attached hydrogen (secondary N) is 1. The first kappa shape index (κ1) is 65.5. The summed E-state index contributed by atoms with van der Waals surface area (Å²) in [4.78, 5) is 39.8. The van der Waals surface area contributed by atoms with Gasteiger partial charge < -0.3 is 28.5 Å². The minimum absolute atomic E-state index is 0.0212. The molecule has 0 aliphatic heterocycles. The summed E-state index contributed by atoms with van der Waals surface area (Å²) in [5.41, 5.74) is 0. The molecule has 67 heavy (non-hydrogen) atoms. The van der Waals surface area contributed by atoms with E-state index >= 15 is 0 Å². The Kier molecular flexibility index (Phi) is 47.0. The van der Waals surface area contributed by atoms with Crippen LogP contribution in [0, 0.1) is 0 Å². The number of rotatable bonds is 52. The molecule has 0 rings (SSSR count). The van der Waals surface area contributed by atoms with Crippen molar-refractivity contribution in [3.05, 3.63) is 24.3 Å². The zero-order valence-electron chi connectivity index (χ0n) is 45.1. The van der Waals surface area contributed by atoms with Crippen LogP contribution in [0.1, 0.15) is 278 Å². The van der Waals surface area contributed by atoms with Crippen LogP contribution in [0.5, 0.6) is 0 Å². The third-order valence-electron chi connectivity index (χ3n) is 12.9. The third kappa shape index (κ3) is 49.3. The predicted molar refractivity (Wildman–Crippen MR) is 284 cm³/mol. The van der Waals surface area contributed by atoms with E-state index in [1.165, 1.54) is 173 Å². The van der Waals surface area contributed by atoms with Crippen LogP contribution in [-0.4, -0.2) is 69.4 Å². The molecule has 0 spiro atoms. The van der Waals surface area contributed by atoms with Gasteiger partial charge in [0.1, 0.15) is 19.3 Å². The van der Waals surface area contributed by atoms with Crippen molar-refractivity contribution in [2.75, 3.05) is 40.9 Å². The summed E-state index contributed by atoms with van der Waals surface area (Å²) < 4.78 is 30.2. The fourth-order valence-electron chi connectivity index (χ4n) is 8.40. The molecule has 396 valence electrons. The summed E-state index contributed by atoms with van der Waals surface area (Å²) >= 11 is 0. The van der Waals surface area contributed by atoms with Crippen molar-refractivity contribution in [1.82, 2.24) is 5.32 Å². The van der Waals surface area contributed by atoms with Gasteiger partial charge in [-0.25, -0.2) is 0 Å². The highest BCUT2D eigenvalue weighted by atomic mass is 31.2. The maximum absolute atomic E-state index is 13.5. The molecule has 0 radical (unpaired) electrons. The molecule has 0 heterocycles. The van der Waals surface area contributed by atoms with E-state index in [-0.39, 0.29) is 31.5 Å². The minimum Gasteiger partial charge on any atom is -0.756 e. The SMILES string of the molecule is CCCCCCCC/C=C\CCCCCC(=O)OC(/C=C/CCCCCCCCCCC)C(COP(=O)([O-])OCC[N+](C)(C)C)NC(=O)CCCCCCCCCCCCCCCCCCC. The molecule has 0 aromatic carbocycles. The Labute approximate surface area is 415 Å². The number of hydrogen-bond acceptors (Lipinski definition) is 7. The van der Waals surface area contributed by atoms with Gasteiger partial charge in [0.25, 0.3) is 7.82 Å². The smallest absolute Gasteiger partial charge is 0.306 e. The van der Waals surface area contributed by atoms with Crippen LogP contribution < -0.4 is 10.2 Å². The summed E-state index contributed by atoms with van der Waals surface area (Å²) in [5, 5.41) is 3.02. The van der Waals surface area contributed by atoms with Crippen LogP contribution in [0.25, 0.3) is 0 Å². The average Bonchev–Trinajstić information content (AvgIpc) is 3.28. The summed E-state index contributed by atoms with van der Waals surface area (Å²) in [6.07, 6.45) is 54.2. The van der Waals surface area contributed by atoms with Gasteiger partial charge in [0.15, 0.2) is 0 Å². The lowest BCUT2D eigenvalue weighted by Gasteiger charge is -2.30. The van der Waals surface area contributed by atoms with E-state index in [2.05, 4.69) is 38.2 Å². The Hall–Kier alpha value is -1.51. The van der Waals surface area contributed by atoms with Crippen molar-refractivity contribution >= 4 is 19.7 Å². The second-order valence-electron chi connectivity index (χ2n) is 20.8. The number of hydrogen-bond donors (Lipinski definition) is 1. The van der Waals surface area contributed by atoms with Gasteiger partial charge in [-0.05, 0) is 57.4 Å². The Morgan fingerprint density at radius 3 is 1.28 bits per heavy atom. The number of likely N-dealkylation sites (N-methyl/N-ethyl adjacent to an activating group) is 1. The maximum Gasteiger partial charge on any atom is 0.306 e. The Balaban J connectivity index is 5.30. The highest BCUT2D eigenvalue weighted by Crippen LogP contribution is 2.38. The number of quaternary nitrogens is 1. The molecule has 10 heteroatoms. The summed E-state index contributed by atoms with van der Waals surface area (Å²) in [7, 11) is 1.19. The van der Waals surface area contributed by atoms with Gasteiger partial charge in [-0.2, -0.15) is 0 Å². The molecule has 0 bridgehead atoms. The number of phosphoric acid groups is 1. The van der Waals surface area contributed by atoms with Crippen LogP contribution in [-0.2, 0) is 27.9 Å². The van der Waals surface area contributed by atoms with E-state index in [0.29, 0.717) is 23.9 Å². The molecule has 0 saturated carbocycles. The van der Waals surface area contributed by atoms with E-state index in [1.54, 1.807) is 0 Å². The lowest BCUT2D eigenvalue weighted by Crippen LogP contribution is -2.47. The van der Waals surface area contributed by atoms with Crippen LogP contribution in [0.4, 0.5) is 0 Å². The number of carbonyl (C=O) groups is 2. The molecule has 0 aliphatic carbocycles. The number of ether oxygens (including phenoxy) is 1. The molecule has 3 unspecified atom stereocenters. The van der Waals surface area contributed by atoms with Crippen molar-refractivity contribution in [3.8, 4) is 0 Å². The first-order valence-corrected chi connectivity index (χ1v) is 30.1. The summed E-state index contributed by atoms with van der Waals surface area (Å²) in [5.74, 6) is -0.549. The topological polar surface area (TPSA) is 114 Å². The molecule has 0 aromatic rings. The first-order valence-electron chi connectivity index (χ1n) is 28.6. The molecule has 0 saturated heterocycles. The van der Waals surface area contributed by atoms with Gasteiger partial charge in [0.2, 0.25) is 5.91 Å². The van der Waals surface area contributed by atoms with Crippen molar-refractivity contribution in [2.24, 2.45) is 0 Å². The second kappa shape index (κ2) is 48.1. The van der Waals surface area contributed by atoms with Crippen LogP contribution in [0.2, 0.25) is 0 Å². The molecular weight excluding hydrogens is 856 g/mol. The number of phosphoric ester groups is 1. The molecular formula is C57H111N2O7P. The number of nitrogens with zero attached hydrogens (tertiary/aromatic N) is 1. The Morgan fingerprint density at radius 1 is 0.507 bits per heavy atom. The molecule has 0 aliphatic rings. The standard InChI is InChI=1S/C57H111N2O7P/c1-7-10-13-16-19-22-25-27-28-29-30-32-34-37-40-43-46-49-56(60)58-54(53-65-67(62,63)64-52-51-59(4,5)6)55(48-45-42-39-36-33-24-21-18-15-12-9-3)66-57(61)50-47-44-41-38-35-31-26-23-20-17-14-11-8-2/h31,35,45,48,54-55H,7-30,32-34,36-44,46-47,49-53H2,1-6H3,(H-,58,60,62,63)/b35-31-,48-45+. The maximum atomic E-state index is 13.5. The van der Waals surface area contributed by atoms with Crippen LogP contribution >= 0.6 is 7.82 Å². The number of amides is 1. The monoisotopic (exact) mass is 967 g/mol. The summed E-state index contributed by atoms with van der Waals surface area (Å²) in [6, 6.07) is -0.886. The van der Waals surface area contributed by atoms with Crippen molar-refractivity contribution < 1.29 is 37.3 Å². The molecule has 1 N–H and O–H groups in total. The van der Waals surface area contributed by atoms with Crippen LogP contribution in [0.15, 0.2) is 24.3 Å². The Bertz CT molecular complexity index is 1210. The first-order chi connectivity index (χ1) is 32.4. The Morgan fingerprint density at radius 2 is 0.866 bits per heavy atom. The van der Waals surface area contributed by atoms with E-state index < -0.39 is 20.0 Å². The largest absolute Gasteiger partial charge is 0.756 e. The number of carbonyl (C=O) groups excluding carboxylic acids is 2. The fraction of sp³-hybridized carbons (Fsp3) is 0.895. The van der Waals surface area contributed by atoms with Gasteiger partial charge in [-0.1, -0.05) is 232 Å². The average molecular weight is 967 g/mol. The zero-order chi connectivity index (χ0) is 49.4. The highest BCUT2D eigenvalue weighted by Gasteiger charge is 2.27. The van der Waals surface area contributed by atoms with Gasteiger partial charge in [-0.15, -0.1) is 0 Å². The molecule has 3 atom stereocenters. The van der Waals surface area contributed by atoms with Gasteiger partial charge in [0.05, 0.1) is 33.8 Å². The van der Waals surface area contributed by atoms with Gasteiger partial charge in [0, 0.05) is 12.8 Å². The van der Waals surface area contributed by atoms with Crippen molar-refractivity contribution in [2.45, 2.75) is 290 Å². The third-order valence-corrected chi connectivity index (χ3v) is 13.8. The zero-order valence-corrected chi connectivity index (χ0v) is 46.0. The second-order valence-corrected chi connectivity index (χ2v) is 22.2. The highest BCUT2D eigenvalue weighted by molar-refractivity contribution is 7.45. The minimum atomic E-state index is -4.69. The van der Waals surface area contributed by atoms with Gasteiger partial charge in [-0.3, -0.25) is 14.2 Å². The molecule has 0 aromatic heterocycles. The lowest BCUT2D eigenvalue weighted by molar-refractivity contribution is -0.870. The van der Waals surface area contributed by atoms with E-state index in [4.69, 9.17) is 13.8 Å². The molecule has 9 nitrogen and oxygen atoms in total. The van der Waals surface area contributed by atoms with Crippen LogP contribution in [0.3, 0.4) is 0 Å². The number of esters is 1. The number of unbranched alkanes of at least 4 members (excludes halogenated alkanes) is 34. The molecule has 0 fully saturated rings. The summed E-state index contributed by atoms with van der Waals surface area (Å²) in [6.45, 7) is 6.84. The van der Waals surface area contributed by atoms with Crippen molar-refractivity contribution in [1.29, 1.82) is 0 Å². The van der Waals surface area contributed by atoms with Crippen molar-refractivity contribution in [3.63, 3.8) is 0 Å². The number of allylic oxidation sites excluding steroid dienone is 3.